The van der Waals surface area contributed by atoms with Crippen LogP contribution in [0.25, 0.3) is 0 Å². The van der Waals surface area contributed by atoms with Crippen molar-refractivity contribution in [3.63, 3.8) is 0 Å². The van der Waals surface area contributed by atoms with Gasteiger partial charge in [0.15, 0.2) is 0 Å². The number of hydrogen-bond donors (Lipinski definition) is 1. The first-order valence-electron chi connectivity index (χ1n) is 4.52. The van der Waals surface area contributed by atoms with Crippen molar-refractivity contribution >= 4 is 15.9 Å². The highest BCUT2D eigenvalue weighted by atomic mass is 79.9. The molecule has 0 bridgehead atoms. The number of alkyl halides is 3. The molecule has 0 aromatic heterocycles. The van der Waals surface area contributed by atoms with Crippen molar-refractivity contribution in [2.75, 3.05) is 7.05 Å². The molecule has 1 aromatic rings. The molecule has 1 nitrogen and oxygen atoms in total. The second-order valence-corrected chi connectivity index (χ2v) is 4.24. The highest BCUT2D eigenvalue weighted by Gasteiger charge is 2.33. The summed E-state index contributed by atoms with van der Waals surface area (Å²) in [6, 6.07) is 2.86. The maximum atomic E-state index is 13.4. The van der Waals surface area contributed by atoms with Gasteiger partial charge in [0.25, 0.3) is 0 Å². The van der Waals surface area contributed by atoms with Gasteiger partial charge >= 0.3 is 6.18 Å². The number of benzene rings is 1. The summed E-state index contributed by atoms with van der Waals surface area (Å²) in [5.41, 5.74) is 0.00852. The van der Waals surface area contributed by atoms with E-state index in [1.807, 2.05) is 0 Å². The molecule has 0 saturated carbocycles. The zero-order valence-electron chi connectivity index (χ0n) is 8.41. The fraction of sp³-hybridized carbons (Fsp3) is 0.400. The van der Waals surface area contributed by atoms with Gasteiger partial charge in [0.2, 0.25) is 0 Å². The minimum Gasteiger partial charge on any atom is -0.313 e. The standard InChI is InChI=1S/C10H10BrF4N/c1-16-9(5-10(13,14)15)7-4-6(11)2-3-8(7)12/h2-4,9,16H,5H2,1H3. The van der Waals surface area contributed by atoms with Crippen LogP contribution in [0.3, 0.4) is 0 Å². The van der Waals surface area contributed by atoms with Gasteiger partial charge < -0.3 is 5.32 Å². The monoisotopic (exact) mass is 299 g/mol. The summed E-state index contributed by atoms with van der Waals surface area (Å²) in [6.45, 7) is 0. The molecular formula is C10H10BrF4N. The third-order valence-corrected chi connectivity index (χ3v) is 2.61. The Kier molecular flexibility index (Phi) is 4.32. The average Bonchev–Trinajstić information content (AvgIpc) is 2.17. The number of nitrogens with one attached hydrogen (secondary N) is 1. The van der Waals surface area contributed by atoms with E-state index in [0.29, 0.717) is 4.47 Å². The third-order valence-electron chi connectivity index (χ3n) is 2.12. The fourth-order valence-corrected chi connectivity index (χ4v) is 1.76. The first-order valence-corrected chi connectivity index (χ1v) is 5.32. The molecular weight excluding hydrogens is 290 g/mol. The Hall–Kier alpha value is -0.620. The molecule has 1 atom stereocenters. The molecule has 1 rings (SSSR count). The second-order valence-electron chi connectivity index (χ2n) is 3.33. The van der Waals surface area contributed by atoms with Gasteiger partial charge in [-0.1, -0.05) is 15.9 Å². The maximum absolute atomic E-state index is 13.4. The van der Waals surface area contributed by atoms with Crippen LogP contribution in [0.15, 0.2) is 22.7 Å². The molecule has 0 aliphatic carbocycles. The van der Waals surface area contributed by atoms with E-state index >= 15 is 0 Å². The Morgan fingerprint density at radius 3 is 2.50 bits per heavy atom. The molecule has 0 aliphatic heterocycles. The van der Waals surface area contributed by atoms with Crippen molar-refractivity contribution < 1.29 is 17.6 Å². The van der Waals surface area contributed by atoms with E-state index in [0.717, 1.165) is 6.07 Å². The Morgan fingerprint density at radius 1 is 1.38 bits per heavy atom. The van der Waals surface area contributed by atoms with Crippen LogP contribution in [0.4, 0.5) is 17.6 Å². The molecule has 0 saturated heterocycles. The third kappa shape index (κ3) is 3.75. The quantitative estimate of drug-likeness (QED) is 0.837. The summed E-state index contributed by atoms with van der Waals surface area (Å²) in [5, 5.41) is 2.46. The largest absolute Gasteiger partial charge is 0.390 e. The van der Waals surface area contributed by atoms with E-state index < -0.39 is 24.5 Å². The molecule has 0 amide bonds. The topological polar surface area (TPSA) is 12.0 Å². The van der Waals surface area contributed by atoms with Crippen LogP contribution in [0.5, 0.6) is 0 Å². The van der Waals surface area contributed by atoms with Gasteiger partial charge in [-0.2, -0.15) is 13.2 Å². The van der Waals surface area contributed by atoms with Gasteiger partial charge in [0.1, 0.15) is 5.82 Å². The van der Waals surface area contributed by atoms with Crippen LogP contribution >= 0.6 is 15.9 Å². The normalized spacial score (nSPS) is 13.9. The molecule has 0 aliphatic rings. The Labute approximate surface area is 99.0 Å². The molecule has 90 valence electrons. The van der Waals surface area contributed by atoms with Crippen LogP contribution in [-0.4, -0.2) is 13.2 Å². The fourth-order valence-electron chi connectivity index (χ4n) is 1.38. The zero-order chi connectivity index (χ0) is 12.3. The maximum Gasteiger partial charge on any atom is 0.390 e. The van der Waals surface area contributed by atoms with Gasteiger partial charge in [-0.15, -0.1) is 0 Å². The lowest BCUT2D eigenvalue weighted by Gasteiger charge is -2.19. The van der Waals surface area contributed by atoms with E-state index in [1.54, 1.807) is 0 Å². The van der Waals surface area contributed by atoms with Crippen molar-refractivity contribution in [3.8, 4) is 0 Å². The van der Waals surface area contributed by atoms with Crippen LogP contribution in [0.1, 0.15) is 18.0 Å². The second kappa shape index (κ2) is 5.14. The van der Waals surface area contributed by atoms with E-state index in [-0.39, 0.29) is 5.56 Å². The molecule has 1 N–H and O–H groups in total. The van der Waals surface area contributed by atoms with Crippen LogP contribution in [-0.2, 0) is 0 Å². The molecule has 0 fully saturated rings. The molecule has 0 spiro atoms. The lowest BCUT2D eigenvalue weighted by Crippen LogP contribution is -2.24. The lowest BCUT2D eigenvalue weighted by molar-refractivity contribution is -0.140. The molecule has 1 unspecified atom stereocenters. The van der Waals surface area contributed by atoms with Crippen molar-refractivity contribution in [2.45, 2.75) is 18.6 Å². The summed E-state index contributed by atoms with van der Waals surface area (Å²) in [5.74, 6) is -0.646. The van der Waals surface area contributed by atoms with Crippen molar-refractivity contribution in [1.29, 1.82) is 0 Å². The zero-order valence-corrected chi connectivity index (χ0v) is 9.99. The molecule has 0 radical (unpaired) electrons. The summed E-state index contributed by atoms with van der Waals surface area (Å²) in [7, 11) is 1.37. The average molecular weight is 300 g/mol. The minimum atomic E-state index is -4.33. The van der Waals surface area contributed by atoms with Crippen LogP contribution in [0, 0.1) is 5.82 Å². The smallest absolute Gasteiger partial charge is 0.313 e. The number of hydrogen-bond acceptors (Lipinski definition) is 1. The van der Waals surface area contributed by atoms with Gasteiger partial charge in [0, 0.05) is 16.1 Å². The first-order chi connectivity index (χ1) is 7.33. The van der Waals surface area contributed by atoms with E-state index in [2.05, 4.69) is 21.2 Å². The van der Waals surface area contributed by atoms with Gasteiger partial charge in [-0.25, -0.2) is 4.39 Å². The highest BCUT2D eigenvalue weighted by molar-refractivity contribution is 9.10. The summed E-state index contributed by atoms with van der Waals surface area (Å²) in [6.07, 6.45) is -5.43. The van der Waals surface area contributed by atoms with Gasteiger partial charge in [-0.05, 0) is 25.2 Å². The summed E-state index contributed by atoms with van der Waals surface area (Å²) < 4.78 is 50.6. The van der Waals surface area contributed by atoms with Crippen molar-refractivity contribution in [3.05, 3.63) is 34.1 Å². The highest BCUT2D eigenvalue weighted by Crippen LogP contribution is 2.31. The molecule has 16 heavy (non-hydrogen) atoms. The van der Waals surface area contributed by atoms with E-state index in [4.69, 9.17) is 0 Å². The van der Waals surface area contributed by atoms with Crippen molar-refractivity contribution in [2.24, 2.45) is 0 Å². The summed E-state index contributed by atoms with van der Waals surface area (Å²) >= 11 is 3.10. The van der Waals surface area contributed by atoms with Crippen LogP contribution < -0.4 is 5.32 Å². The Morgan fingerprint density at radius 2 is 2.00 bits per heavy atom. The van der Waals surface area contributed by atoms with Crippen LogP contribution in [0.2, 0.25) is 0 Å². The first kappa shape index (κ1) is 13.4. The molecule has 1 aromatic carbocycles. The Balaban J connectivity index is 2.99. The predicted molar refractivity (Wildman–Crippen MR) is 56.6 cm³/mol. The number of halogens is 5. The van der Waals surface area contributed by atoms with E-state index in [1.165, 1.54) is 19.2 Å². The molecule has 0 heterocycles. The SMILES string of the molecule is CNC(CC(F)(F)F)c1cc(Br)ccc1F. The molecule has 6 heteroatoms. The predicted octanol–water partition coefficient (Wildman–Crippen LogP) is 3.80. The lowest BCUT2D eigenvalue weighted by atomic mass is 10.0. The van der Waals surface area contributed by atoms with Gasteiger partial charge in [-0.3, -0.25) is 0 Å². The number of rotatable bonds is 3. The van der Waals surface area contributed by atoms with Crippen molar-refractivity contribution in [1.82, 2.24) is 5.32 Å². The van der Waals surface area contributed by atoms with Gasteiger partial charge in [0.05, 0.1) is 6.42 Å². The minimum absolute atomic E-state index is 0.00852. The summed E-state index contributed by atoms with van der Waals surface area (Å²) in [4.78, 5) is 0. The van der Waals surface area contributed by atoms with E-state index in [9.17, 15) is 17.6 Å². The Bertz CT molecular complexity index is 364.